The van der Waals surface area contributed by atoms with Crippen LogP contribution in [0.3, 0.4) is 0 Å². The Hall–Kier alpha value is -2.10. The molecule has 2 N–H and O–H groups in total. The first kappa shape index (κ1) is 16.0. The maximum atomic E-state index is 11.7. The summed E-state index contributed by atoms with van der Waals surface area (Å²) >= 11 is 0. The van der Waals surface area contributed by atoms with E-state index in [1.54, 1.807) is 6.08 Å². The van der Waals surface area contributed by atoms with Gasteiger partial charge < -0.3 is 10.4 Å². The van der Waals surface area contributed by atoms with Gasteiger partial charge in [0, 0.05) is 6.08 Å². The summed E-state index contributed by atoms with van der Waals surface area (Å²) in [5, 5.41) is 11.5. The number of aryl methyl sites for hydroxylation is 1. The molecule has 1 rings (SSSR count). The lowest BCUT2D eigenvalue weighted by Crippen LogP contribution is -2.39. The second kappa shape index (κ2) is 8.15. The number of carboxylic acids is 1. The van der Waals surface area contributed by atoms with Crippen LogP contribution in [0.5, 0.6) is 0 Å². The van der Waals surface area contributed by atoms with Gasteiger partial charge in [0.1, 0.15) is 6.04 Å². The normalized spacial score (nSPS) is 12.3. The molecule has 0 radical (unpaired) electrons. The van der Waals surface area contributed by atoms with E-state index in [9.17, 15) is 9.59 Å². The van der Waals surface area contributed by atoms with E-state index in [1.807, 2.05) is 38.1 Å². The molecule has 1 atom stereocenters. The molecule has 0 aromatic heterocycles. The highest BCUT2D eigenvalue weighted by Crippen LogP contribution is 2.05. The number of benzene rings is 1. The molecule has 1 aromatic rings. The number of unbranched alkanes of at least 4 members (excludes halogenated alkanes) is 1. The summed E-state index contributed by atoms with van der Waals surface area (Å²) < 4.78 is 0. The Morgan fingerprint density at radius 2 is 1.95 bits per heavy atom. The molecule has 0 aliphatic carbocycles. The molecule has 4 heteroatoms. The van der Waals surface area contributed by atoms with Crippen molar-refractivity contribution in [2.75, 3.05) is 0 Å². The van der Waals surface area contributed by atoms with Gasteiger partial charge >= 0.3 is 5.97 Å². The molecule has 0 aliphatic rings. The van der Waals surface area contributed by atoms with Crippen LogP contribution in [0.1, 0.15) is 37.3 Å². The Bertz CT molecular complexity index is 477. The number of carbonyl (C=O) groups excluding carboxylic acids is 1. The molecule has 108 valence electrons. The molecule has 4 nitrogen and oxygen atoms in total. The van der Waals surface area contributed by atoms with Gasteiger partial charge in [0.2, 0.25) is 5.91 Å². The molecule has 1 amide bonds. The second-order valence-corrected chi connectivity index (χ2v) is 4.79. The summed E-state index contributed by atoms with van der Waals surface area (Å²) in [7, 11) is 0. The second-order valence-electron chi connectivity index (χ2n) is 4.79. The number of amides is 1. The minimum absolute atomic E-state index is 0.380. The van der Waals surface area contributed by atoms with Crippen LogP contribution in [0.15, 0.2) is 30.3 Å². The van der Waals surface area contributed by atoms with E-state index in [0.717, 1.165) is 24.0 Å². The molecule has 0 heterocycles. The molecule has 1 unspecified atom stereocenters. The maximum Gasteiger partial charge on any atom is 0.326 e. The standard InChI is InChI=1S/C16H21NO3/c1-3-4-5-14(16(19)20)17-15(18)11-10-13-8-6-12(2)7-9-13/h6-11,14H,3-5H2,1-2H3,(H,17,18)(H,19,20)/b11-10+. The van der Waals surface area contributed by atoms with Crippen LogP contribution in [0.25, 0.3) is 6.08 Å². The third-order valence-corrected chi connectivity index (χ3v) is 2.97. The van der Waals surface area contributed by atoms with E-state index in [2.05, 4.69) is 5.32 Å². The lowest BCUT2D eigenvalue weighted by Gasteiger charge is -2.12. The average molecular weight is 275 g/mol. The van der Waals surface area contributed by atoms with E-state index < -0.39 is 12.0 Å². The highest BCUT2D eigenvalue weighted by molar-refractivity contribution is 5.94. The highest BCUT2D eigenvalue weighted by Gasteiger charge is 2.17. The maximum absolute atomic E-state index is 11.7. The smallest absolute Gasteiger partial charge is 0.326 e. The summed E-state index contributed by atoms with van der Waals surface area (Å²) in [6.45, 7) is 3.98. The van der Waals surface area contributed by atoms with Gasteiger partial charge in [-0.05, 0) is 25.0 Å². The minimum atomic E-state index is -0.990. The Labute approximate surface area is 119 Å². The van der Waals surface area contributed by atoms with E-state index in [-0.39, 0.29) is 5.91 Å². The van der Waals surface area contributed by atoms with Crippen LogP contribution in [0.2, 0.25) is 0 Å². The number of rotatable bonds is 7. The summed E-state index contributed by atoms with van der Waals surface area (Å²) in [6, 6.07) is 6.91. The fourth-order valence-electron chi connectivity index (χ4n) is 1.73. The van der Waals surface area contributed by atoms with Crippen molar-refractivity contribution in [3.05, 3.63) is 41.5 Å². The summed E-state index contributed by atoms with van der Waals surface area (Å²) in [5.41, 5.74) is 2.06. The first-order valence-electron chi connectivity index (χ1n) is 6.81. The van der Waals surface area contributed by atoms with Crippen molar-refractivity contribution in [3.8, 4) is 0 Å². The van der Waals surface area contributed by atoms with E-state index in [0.29, 0.717) is 6.42 Å². The third kappa shape index (κ3) is 5.69. The number of carboxylic acid groups (broad SMARTS) is 1. The van der Waals surface area contributed by atoms with Crippen LogP contribution in [-0.4, -0.2) is 23.0 Å². The SMILES string of the molecule is CCCCC(NC(=O)/C=C/c1ccc(C)cc1)C(=O)O. The Kier molecular flexibility index (Phi) is 6.50. The summed E-state index contributed by atoms with van der Waals surface area (Å²) in [4.78, 5) is 22.7. The number of hydrogen-bond acceptors (Lipinski definition) is 2. The molecule has 1 aromatic carbocycles. The van der Waals surface area contributed by atoms with Gasteiger partial charge in [0.15, 0.2) is 0 Å². The number of aliphatic carboxylic acids is 1. The quantitative estimate of drug-likeness (QED) is 0.752. The van der Waals surface area contributed by atoms with Gasteiger partial charge in [-0.15, -0.1) is 0 Å². The van der Waals surface area contributed by atoms with Gasteiger partial charge in [0.05, 0.1) is 0 Å². The van der Waals surface area contributed by atoms with Gasteiger partial charge in [-0.1, -0.05) is 49.6 Å². The minimum Gasteiger partial charge on any atom is -0.480 e. The number of hydrogen-bond donors (Lipinski definition) is 2. The predicted molar refractivity (Wildman–Crippen MR) is 79.3 cm³/mol. The average Bonchev–Trinajstić information content (AvgIpc) is 2.42. The Morgan fingerprint density at radius 3 is 2.50 bits per heavy atom. The largest absolute Gasteiger partial charge is 0.480 e. The topological polar surface area (TPSA) is 66.4 Å². The zero-order valence-corrected chi connectivity index (χ0v) is 11.9. The first-order valence-corrected chi connectivity index (χ1v) is 6.81. The Balaban J connectivity index is 2.56. The fraction of sp³-hybridized carbons (Fsp3) is 0.375. The van der Waals surface area contributed by atoms with Crippen molar-refractivity contribution < 1.29 is 14.7 Å². The van der Waals surface area contributed by atoms with Gasteiger partial charge in [0.25, 0.3) is 0 Å². The van der Waals surface area contributed by atoms with E-state index >= 15 is 0 Å². The molecule has 0 saturated heterocycles. The van der Waals surface area contributed by atoms with Gasteiger partial charge in [-0.25, -0.2) is 4.79 Å². The van der Waals surface area contributed by atoms with E-state index in [4.69, 9.17) is 5.11 Å². The molecule has 0 spiro atoms. The predicted octanol–water partition coefficient (Wildman–Crippen LogP) is 2.77. The molecule has 20 heavy (non-hydrogen) atoms. The molecule has 0 fully saturated rings. The highest BCUT2D eigenvalue weighted by atomic mass is 16.4. The molecule has 0 saturated carbocycles. The van der Waals surface area contributed by atoms with Crippen LogP contribution in [0, 0.1) is 6.92 Å². The molecular formula is C16H21NO3. The van der Waals surface area contributed by atoms with Crippen LogP contribution >= 0.6 is 0 Å². The number of carbonyl (C=O) groups is 2. The van der Waals surface area contributed by atoms with Crippen molar-refractivity contribution >= 4 is 18.0 Å². The Morgan fingerprint density at radius 1 is 1.30 bits per heavy atom. The van der Waals surface area contributed by atoms with Crippen molar-refractivity contribution in [2.24, 2.45) is 0 Å². The fourth-order valence-corrected chi connectivity index (χ4v) is 1.73. The van der Waals surface area contributed by atoms with Gasteiger partial charge in [-0.2, -0.15) is 0 Å². The third-order valence-electron chi connectivity index (χ3n) is 2.97. The zero-order chi connectivity index (χ0) is 15.0. The zero-order valence-electron chi connectivity index (χ0n) is 11.9. The monoisotopic (exact) mass is 275 g/mol. The summed E-state index contributed by atoms with van der Waals surface area (Å²) in [5.74, 6) is -1.37. The van der Waals surface area contributed by atoms with Crippen LogP contribution in [-0.2, 0) is 9.59 Å². The molecular weight excluding hydrogens is 254 g/mol. The van der Waals surface area contributed by atoms with E-state index in [1.165, 1.54) is 6.08 Å². The lowest BCUT2D eigenvalue weighted by atomic mass is 10.1. The van der Waals surface area contributed by atoms with Crippen molar-refractivity contribution in [2.45, 2.75) is 39.2 Å². The van der Waals surface area contributed by atoms with Crippen LogP contribution < -0.4 is 5.32 Å². The first-order chi connectivity index (χ1) is 9.52. The summed E-state index contributed by atoms with van der Waals surface area (Å²) in [6.07, 6.45) is 5.17. The van der Waals surface area contributed by atoms with Gasteiger partial charge in [-0.3, -0.25) is 4.79 Å². The molecule has 0 aliphatic heterocycles. The lowest BCUT2D eigenvalue weighted by molar-refractivity contribution is -0.141. The van der Waals surface area contributed by atoms with Crippen molar-refractivity contribution in [1.29, 1.82) is 0 Å². The molecule has 0 bridgehead atoms. The number of nitrogens with one attached hydrogen (secondary N) is 1. The van der Waals surface area contributed by atoms with Crippen molar-refractivity contribution in [1.82, 2.24) is 5.32 Å². The van der Waals surface area contributed by atoms with Crippen molar-refractivity contribution in [3.63, 3.8) is 0 Å². The van der Waals surface area contributed by atoms with Crippen LogP contribution in [0.4, 0.5) is 0 Å².